The number of nitro groups is 1. The maximum Gasteiger partial charge on any atom is 0.269 e. The SMILES string of the molecule is O=C1CN(Cc2ccccc2)CN1Cc1ccc([N+](=O)[O-])cc1. The lowest BCUT2D eigenvalue weighted by molar-refractivity contribution is -0.384. The highest BCUT2D eigenvalue weighted by atomic mass is 16.6. The van der Waals surface area contributed by atoms with Gasteiger partial charge in [0.15, 0.2) is 0 Å². The molecule has 1 aliphatic rings. The third-order valence-corrected chi connectivity index (χ3v) is 3.85. The molecule has 0 N–H and O–H groups in total. The highest BCUT2D eigenvalue weighted by Gasteiger charge is 2.27. The van der Waals surface area contributed by atoms with E-state index in [0.717, 1.165) is 12.1 Å². The van der Waals surface area contributed by atoms with Crippen LogP contribution in [0.25, 0.3) is 0 Å². The van der Waals surface area contributed by atoms with Gasteiger partial charge in [-0.3, -0.25) is 19.8 Å². The number of nitrogens with zero attached hydrogens (tertiary/aromatic N) is 3. The zero-order valence-corrected chi connectivity index (χ0v) is 12.6. The van der Waals surface area contributed by atoms with Crippen LogP contribution in [-0.4, -0.2) is 33.8 Å². The minimum atomic E-state index is -0.424. The maximum absolute atomic E-state index is 12.1. The van der Waals surface area contributed by atoms with Gasteiger partial charge in [0.25, 0.3) is 5.69 Å². The predicted molar refractivity (Wildman–Crippen MR) is 85.4 cm³/mol. The topological polar surface area (TPSA) is 66.7 Å². The Morgan fingerprint density at radius 2 is 1.61 bits per heavy atom. The summed E-state index contributed by atoms with van der Waals surface area (Å²) in [5.74, 6) is 0.0827. The molecule has 0 atom stereocenters. The summed E-state index contributed by atoms with van der Waals surface area (Å²) in [6.07, 6.45) is 0. The molecule has 0 radical (unpaired) electrons. The molecule has 0 aliphatic carbocycles. The molecule has 2 aromatic carbocycles. The van der Waals surface area contributed by atoms with Gasteiger partial charge in [-0.2, -0.15) is 0 Å². The Balaban J connectivity index is 1.60. The number of hydrogen-bond donors (Lipinski definition) is 0. The van der Waals surface area contributed by atoms with E-state index < -0.39 is 4.92 Å². The van der Waals surface area contributed by atoms with E-state index in [2.05, 4.69) is 4.90 Å². The Hall–Kier alpha value is -2.73. The van der Waals surface area contributed by atoms with Crippen LogP contribution in [0.3, 0.4) is 0 Å². The summed E-state index contributed by atoms with van der Waals surface area (Å²) in [4.78, 5) is 26.2. The second kappa shape index (κ2) is 6.58. The number of carbonyl (C=O) groups excluding carboxylic acids is 1. The fraction of sp³-hybridized carbons (Fsp3) is 0.235. The summed E-state index contributed by atoms with van der Waals surface area (Å²) >= 11 is 0. The summed E-state index contributed by atoms with van der Waals surface area (Å²) in [6.45, 7) is 2.19. The molecule has 6 heteroatoms. The van der Waals surface area contributed by atoms with Crippen LogP contribution in [-0.2, 0) is 17.9 Å². The first-order valence-electron chi connectivity index (χ1n) is 7.39. The third-order valence-electron chi connectivity index (χ3n) is 3.85. The fourth-order valence-electron chi connectivity index (χ4n) is 2.69. The van der Waals surface area contributed by atoms with Gasteiger partial charge in [0.1, 0.15) is 0 Å². The van der Waals surface area contributed by atoms with Gasteiger partial charge in [-0.1, -0.05) is 42.5 Å². The molecule has 1 amide bonds. The number of rotatable bonds is 5. The van der Waals surface area contributed by atoms with Crippen LogP contribution in [0, 0.1) is 10.1 Å². The Kier molecular flexibility index (Phi) is 4.34. The van der Waals surface area contributed by atoms with Crippen molar-refractivity contribution in [1.29, 1.82) is 0 Å². The van der Waals surface area contributed by atoms with Gasteiger partial charge >= 0.3 is 0 Å². The normalized spacial score (nSPS) is 15.1. The molecule has 0 saturated carbocycles. The van der Waals surface area contributed by atoms with E-state index in [1.807, 2.05) is 30.3 Å². The molecule has 6 nitrogen and oxygen atoms in total. The molecule has 0 unspecified atom stereocenters. The van der Waals surface area contributed by atoms with Gasteiger partial charge in [0.05, 0.1) is 18.1 Å². The molecule has 23 heavy (non-hydrogen) atoms. The molecule has 0 spiro atoms. The van der Waals surface area contributed by atoms with Crippen molar-refractivity contribution in [2.45, 2.75) is 13.1 Å². The third kappa shape index (κ3) is 3.73. The van der Waals surface area contributed by atoms with Gasteiger partial charge in [-0.05, 0) is 11.1 Å². The molecule has 1 aliphatic heterocycles. The summed E-state index contributed by atoms with van der Waals surface area (Å²) < 4.78 is 0. The Morgan fingerprint density at radius 3 is 2.26 bits per heavy atom. The van der Waals surface area contributed by atoms with Crippen LogP contribution in [0.1, 0.15) is 11.1 Å². The number of nitro benzene ring substituents is 1. The molecule has 1 heterocycles. The van der Waals surface area contributed by atoms with Crippen LogP contribution >= 0.6 is 0 Å². The van der Waals surface area contributed by atoms with E-state index in [9.17, 15) is 14.9 Å². The van der Waals surface area contributed by atoms with Gasteiger partial charge in [0, 0.05) is 25.2 Å². The molecule has 1 fully saturated rings. The second-order valence-corrected chi connectivity index (χ2v) is 5.63. The number of amides is 1. The smallest absolute Gasteiger partial charge is 0.269 e. The van der Waals surface area contributed by atoms with Crippen LogP contribution in [0.4, 0.5) is 5.69 Å². The zero-order valence-electron chi connectivity index (χ0n) is 12.6. The van der Waals surface area contributed by atoms with Crippen molar-refractivity contribution in [1.82, 2.24) is 9.80 Å². The summed E-state index contributed by atoms with van der Waals surface area (Å²) in [7, 11) is 0. The number of benzene rings is 2. The summed E-state index contributed by atoms with van der Waals surface area (Å²) in [5, 5.41) is 10.7. The first-order chi connectivity index (χ1) is 11.1. The minimum Gasteiger partial charge on any atom is -0.324 e. The number of non-ortho nitro benzene ring substituents is 1. The van der Waals surface area contributed by atoms with Gasteiger partial charge < -0.3 is 4.90 Å². The van der Waals surface area contributed by atoms with Crippen LogP contribution in [0.5, 0.6) is 0 Å². The van der Waals surface area contributed by atoms with Gasteiger partial charge in [-0.25, -0.2) is 0 Å². The van der Waals surface area contributed by atoms with Crippen molar-refractivity contribution >= 4 is 11.6 Å². The molecule has 3 rings (SSSR count). The zero-order chi connectivity index (χ0) is 16.2. The number of hydrogen-bond acceptors (Lipinski definition) is 4. The van der Waals surface area contributed by atoms with Crippen LogP contribution in [0.15, 0.2) is 54.6 Å². The van der Waals surface area contributed by atoms with Crippen LogP contribution in [0.2, 0.25) is 0 Å². The Labute approximate surface area is 134 Å². The highest BCUT2D eigenvalue weighted by molar-refractivity contribution is 5.80. The van der Waals surface area contributed by atoms with Gasteiger partial charge in [0.2, 0.25) is 5.91 Å². The van der Waals surface area contributed by atoms with Crippen molar-refractivity contribution in [2.24, 2.45) is 0 Å². The quantitative estimate of drug-likeness (QED) is 0.628. The maximum atomic E-state index is 12.1. The first-order valence-corrected chi connectivity index (χ1v) is 7.39. The summed E-state index contributed by atoms with van der Waals surface area (Å²) in [5.41, 5.74) is 2.13. The number of carbonyl (C=O) groups is 1. The molecular formula is C17H17N3O3. The van der Waals surface area contributed by atoms with Crippen molar-refractivity contribution in [3.05, 3.63) is 75.8 Å². The highest BCUT2D eigenvalue weighted by Crippen LogP contribution is 2.17. The molecule has 118 valence electrons. The average Bonchev–Trinajstić information content (AvgIpc) is 2.88. The van der Waals surface area contributed by atoms with Gasteiger partial charge in [-0.15, -0.1) is 0 Å². The molecule has 1 saturated heterocycles. The first kappa shape index (κ1) is 15.2. The molecule has 2 aromatic rings. The lowest BCUT2D eigenvalue weighted by atomic mass is 10.2. The van der Waals surface area contributed by atoms with E-state index in [4.69, 9.17) is 0 Å². The Morgan fingerprint density at radius 1 is 0.957 bits per heavy atom. The minimum absolute atomic E-state index is 0.0622. The van der Waals surface area contributed by atoms with Crippen LogP contribution < -0.4 is 0 Å². The average molecular weight is 311 g/mol. The lowest BCUT2D eigenvalue weighted by Crippen LogP contribution is -2.26. The summed E-state index contributed by atoms with van der Waals surface area (Å²) in [6, 6.07) is 16.4. The van der Waals surface area contributed by atoms with E-state index >= 15 is 0 Å². The van der Waals surface area contributed by atoms with Crippen molar-refractivity contribution in [2.75, 3.05) is 13.2 Å². The Bertz CT molecular complexity index is 701. The monoisotopic (exact) mass is 311 g/mol. The van der Waals surface area contributed by atoms with Crippen molar-refractivity contribution in [3.8, 4) is 0 Å². The van der Waals surface area contributed by atoms with E-state index in [1.54, 1.807) is 17.0 Å². The molecule has 0 aromatic heterocycles. The van der Waals surface area contributed by atoms with Crippen molar-refractivity contribution < 1.29 is 9.72 Å². The van der Waals surface area contributed by atoms with E-state index in [-0.39, 0.29) is 11.6 Å². The van der Waals surface area contributed by atoms with E-state index in [1.165, 1.54) is 17.7 Å². The lowest BCUT2D eigenvalue weighted by Gasteiger charge is -2.18. The second-order valence-electron chi connectivity index (χ2n) is 5.63. The predicted octanol–water partition coefficient (Wildman–Crippen LogP) is 2.40. The molecule has 0 bridgehead atoms. The van der Waals surface area contributed by atoms with Crippen molar-refractivity contribution in [3.63, 3.8) is 0 Å². The van der Waals surface area contributed by atoms with E-state index in [0.29, 0.717) is 19.8 Å². The fourth-order valence-corrected chi connectivity index (χ4v) is 2.69. The largest absolute Gasteiger partial charge is 0.324 e. The standard InChI is InChI=1S/C17H17N3O3/c21-17-12-18(10-14-4-2-1-3-5-14)13-19(17)11-15-6-8-16(9-7-15)20(22)23/h1-9H,10-13H2. The molecular weight excluding hydrogens is 294 g/mol.